The number of rotatable bonds is 9. The lowest BCUT2D eigenvalue weighted by atomic mass is 10.1. The lowest BCUT2D eigenvalue weighted by Crippen LogP contribution is -2.26. The van der Waals surface area contributed by atoms with Gasteiger partial charge in [-0.3, -0.25) is 9.78 Å². The molecule has 2 N–H and O–H groups in total. The summed E-state index contributed by atoms with van der Waals surface area (Å²) in [7, 11) is 0. The van der Waals surface area contributed by atoms with Crippen LogP contribution in [0.5, 0.6) is 0 Å². The van der Waals surface area contributed by atoms with Crippen LogP contribution >= 0.6 is 0 Å². The van der Waals surface area contributed by atoms with E-state index >= 15 is 0 Å². The van der Waals surface area contributed by atoms with Gasteiger partial charge in [0.25, 0.3) is 0 Å². The molecule has 6 heteroatoms. The number of aromatic nitrogens is 3. The second kappa shape index (κ2) is 10.3. The van der Waals surface area contributed by atoms with Gasteiger partial charge in [-0.1, -0.05) is 48.5 Å². The van der Waals surface area contributed by atoms with Crippen LogP contribution in [0, 0.1) is 0 Å². The van der Waals surface area contributed by atoms with Gasteiger partial charge in [0.2, 0.25) is 5.91 Å². The zero-order valence-corrected chi connectivity index (χ0v) is 17.3. The highest BCUT2D eigenvalue weighted by Gasteiger charge is 2.09. The highest BCUT2D eigenvalue weighted by molar-refractivity contribution is 5.89. The smallest absolute Gasteiger partial charge is 0.226 e. The van der Waals surface area contributed by atoms with E-state index in [1.165, 1.54) is 5.56 Å². The molecule has 2 aromatic heterocycles. The monoisotopic (exact) mass is 411 g/mol. The molecule has 1 amide bonds. The van der Waals surface area contributed by atoms with Crippen molar-refractivity contribution in [3.05, 3.63) is 96.1 Å². The zero-order chi connectivity index (χ0) is 21.3. The number of amides is 1. The zero-order valence-electron chi connectivity index (χ0n) is 17.3. The number of carbonyl (C=O) groups is 1. The van der Waals surface area contributed by atoms with Gasteiger partial charge in [-0.05, 0) is 42.7 Å². The Morgan fingerprint density at radius 3 is 2.52 bits per heavy atom. The molecule has 0 aliphatic heterocycles. The van der Waals surface area contributed by atoms with Crippen molar-refractivity contribution in [1.29, 1.82) is 0 Å². The van der Waals surface area contributed by atoms with Crippen LogP contribution in [0.3, 0.4) is 0 Å². The number of hydrogen-bond acceptors (Lipinski definition) is 5. The molecule has 2 heterocycles. The van der Waals surface area contributed by atoms with E-state index in [1.54, 1.807) is 6.20 Å². The number of nitrogens with one attached hydrogen (secondary N) is 2. The highest BCUT2D eigenvalue weighted by Crippen LogP contribution is 2.20. The van der Waals surface area contributed by atoms with E-state index in [9.17, 15) is 4.79 Å². The van der Waals surface area contributed by atoms with E-state index < -0.39 is 0 Å². The van der Waals surface area contributed by atoms with Crippen LogP contribution < -0.4 is 10.6 Å². The lowest BCUT2D eigenvalue weighted by Gasteiger charge is -2.11. The molecule has 4 rings (SSSR count). The molecule has 0 unspecified atom stereocenters. The fourth-order valence-corrected chi connectivity index (χ4v) is 3.39. The predicted octanol–water partition coefficient (Wildman–Crippen LogP) is 3.93. The Morgan fingerprint density at radius 1 is 0.871 bits per heavy atom. The van der Waals surface area contributed by atoms with Crippen molar-refractivity contribution in [1.82, 2.24) is 20.3 Å². The van der Waals surface area contributed by atoms with E-state index in [0.717, 1.165) is 41.8 Å². The molecule has 0 atom stereocenters. The van der Waals surface area contributed by atoms with Crippen LogP contribution in [0.15, 0.2) is 79.0 Å². The summed E-state index contributed by atoms with van der Waals surface area (Å²) in [6.45, 7) is 1.08. The van der Waals surface area contributed by atoms with Crippen molar-refractivity contribution in [3.63, 3.8) is 0 Å². The Bertz CT molecular complexity index is 1130. The molecule has 0 aliphatic carbocycles. The fourth-order valence-electron chi connectivity index (χ4n) is 3.39. The summed E-state index contributed by atoms with van der Waals surface area (Å²) in [6.07, 6.45) is 3.93. The van der Waals surface area contributed by atoms with Gasteiger partial charge < -0.3 is 10.6 Å². The largest absolute Gasteiger partial charge is 0.369 e. The maximum atomic E-state index is 12.3. The second-order valence-corrected chi connectivity index (χ2v) is 7.30. The first-order valence-electron chi connectivity index (χ1n) is 10.5. The van der Waals surface area contributed by atoms with Gasteiger partial charge in [0.15, 0.2) is 5.82 Å². The number of benzene rings is 2. The average molecular weight is 412 g/mol. The third-order valence-electron chi connectivity index (χ3n) is 4.94. The molecular weight excluding hydrogens is 386 g/mol. The Labute approximate surface area is 181 Å². The average Bonchev–Trinajstić information content (AvgIpc) is 2.82. The van der Waals surface area contributed by atoms with Gasteiger partial charge in [0.05, 0.1) is 18.5 Å². The molecule has 31 heavy (non-hydrogen) atoms. The summed E-state index contributed by atoms with van der Waals surface area (Å²) in [4.78, 5) is 25.7. The first-order valence-corrected chi connectivity index (χ1v) is 10.5. The van der Waals surface area contributed by atoms with Crippen LogP contribution in [0.1, 0.15) is 23.5 Å². The third kappa shape index (κ3) is 5.85. The molecule has 0 spiro atoms. The minimum absolute atomic E-state index is 0.104. The molecule has 2 aromatic carbocycles. The summed E-state index contributed by atoms with van der Waals surface area (Å²) >= 11 is 0. The fraction of sp³-hybridized carbons (Fsp3) is 0.200. The molecule has 0 fully saturated rings. The number of para-hydroxylation sites is 1. The highest BCUT2D eigenvalue weighted by atomic mass is 16.1. The van der Waals surface area contributed by atoms with Crippen LogP contribution in [0.25, 0.3) is 10.9 Å². The van der Waals surface area contributed by atoms with Gasteiger partial charge in [0.1, 0.15) is 5.82 Å². The van der Waals surface area contributed by atoms with Gasteiger partial charge >= 0.3 is 0 Å². The summed E-state index contributed by atoms with van der Waals surface area (Å²) in [6, 6.07) is 23.9. The number of carbonyl (C=O) groups excluding carboxylic acids is 1. The molecule has 6 nitrogen and oxygen atoms in total. The van der Waals surface area contributed by atoms with Crippen LogP contribution in [-0.4, -0.2) is 27.4 Å². The van der Waals surface area contributed by atoms with E-state index in [1.807, 2.05) is 48.5 Å². The first-order chi connectivity index (χ1) is 15.3. The molecule has 0 saturated carbocycles. The summed E-state index contributed by atoms with van der Waals surface area (Å²) in [5.74, 6) is 1.28. The first kappa shape index (κ1) is 20.5. The number of anilines is 1. The Morgan fingerprint density at radius 2 is 1.68 bits per heavy atom. The van der Waals surface area contributed by atoms with Gasteiger partial charge in [0, 0.05) is 23.8 Å². The normalized spacial score (nSPS) is 10.7. The van der Waals surface area contributed by atoms with E-state index in [0.29, 0.717) is 5.82 Å². The molecule has 156 valence electrons. The van der Waals surface area contributed by atoms with Gasteiger partial charge in [-0.25, -0.2) is 9.97 Å². The third-order valence-corrected chi connectivity index (χ3v) is 4.94. The number of aryl methyl sites for hydroxylation is 1. The number of fused-ring (bicyclic) bond motifs is 1. The molecular formula is C25H25N5O. The van der Waals surface area contributed by atoms with Crippen molar-refractivity contribution >= 4 is 22.6 Å². The molecule has 0 aliphatic rings. The Kier molecular flexibility index (Phi) is 6.80. The summed E-state index contributed by atoms with van der Waals surface area (Å²) < 4.78 is 0. The predicted molar refractivity (Wildman–Crippen MR) is 123 cm³/mol. The summed E-state index contributed by atoms with van der Waals surface area (Å²) in [5.41, 5.74) is 2.92. The summed E-state index contributed by atoms with van der Waals surface area (Å²) in [5, 5.41) is 7.33. The number of nitrogens with zero attached hydrogens (tertiary/aromatic N) is 3. The lowest BCUT2D eigenvalue weighted by molar-refractivity contribution is -0.120. The van der Waals surface area contributed by atoms with Crippen molar-refractivity contribution in [2.24, 2.45) is 0 Å². The van der Waals surface area contributed by atoms with Crippen molar-refractivity contribution in [3.8, 4) is 0 Å². The van der Waals surface area contributed by atoms with Crippen LogP contribution in [0.2, 0.25) is 0 Å². The Hall–Kier alpha value is -3.80. The van der Waals surface area contributed by atoms with Crippen molar-refractivity contribution in [2.45, 2.75) is 25.8 Å². The number of pyridine rings is 1. The van der Waals surface area contributed by atoms with E-state index in [-0.39, 0.29) is 18.9 Å². The molecule has 4 aromatic rings. The van der Waals surface area contributed by atoms with E-state index in [4.69, 9.17) is 0 Å². The molecule has 0 radical (unpaired) electrons. The SMILES string of the molecule is O=C(Cc1ccccn1)NCc1nc(NCCCc2ccccc2)c2ccccc2n1. The topological polar surface area (TPSA) is 79.8 Å². The minimum atomic E-state index is -0.104. The quantitative estimate of drug-likeness (QED) is 0.408. The standard InChI is InChI=1S/C25H25N5O/c31-24(17-20-12-6-7-15-26-20)28-18-23-29-22-14-5-4-13-21(22)25(30-23)27-16-8-11-19-9-2-1-3-10-19/h1-7,9-10,12-15H,8,11,16-18H2,(H,28,31)(H,27,29,30). The van der Waals surface area contributed by atoms with Crippen molar-refractivity contribution in [2.75, 3.05) is 11.9 Å². The Balaban J connectivity index is 1.39. The number of hydrogen-bond donors (Lipinski definition) is 2. The maximum Gasteiger partial charge on any atom is 0.226 e. The molecule has 0 saturated heterocycles. The van der Waals surface area contributed by atoms with Crippen molar-refractivity contribution < 1.29 is 4.79 Å². The van der Waals surface area contributed by atoms with Crippen LogP contribution in [-0.2, 0) is 24.2 Å². The van der Waals surface area contributed by atoms with Gasteiger partial charge in [-0.15, -0.1) is 0 Å². The molecule has 0 bridgehead atoms. The van der Waals surface area contributed by atoms with Crippen LogP contribution in [0.4, 0.5) is 5.82 Å². The second-order valence-electron chi connectivity index (χ2n) is 7.30. The minimum Gasteiger partial charge on any atom is -0.369 e. The van der Waals surface area contributed by atoms with E-state index in [2.05, 4.69) is 49.9 Å². The maximum absolute atomic E-state index is 12.3. The van der Waals surface area contributed by atoms with Gasteiger partial charge in [-0.2, -0.15) is 0 Å².